The molecule has 94 valence electrons. The molecule has 1 fully saturated rings. The molecule has 5 nitrogen and oxygen atoms in total. The fourth-order valence-corrected chi connectivity index (χ4v) is 2.57. The Morgan fingerprint density at radius 2 is 2.28 bits per heavy atom. The Hall–Kier alpha value is -1.75. The van der Waals surface area contributed by atoms with E-state index in [2.05, 4.69) is 24.8 Å². The van der Waals surface area contributed by atoms with Gasteiger partial charge in [-0.3, -0.25) is 14.9 Å². The van der Waals surface area contributed by atoms with E-state index in [4.69, 9.17) is 0 Å². The lowest BCUT2D eigenvalue weighted by molar-refractivity contribution is 0.196. The Labute approximate surface area is 106 Å². The maximum absolute atomic E-state index is 4.42. The van der Waals surface area contributed by atoms with Crippen LogP contribution in [-0.4, -0.2) is 37.9 Å². The minimum Gasteiger partial charge on any atom is -0.347 e. The molecule has 0 aliphatic carbocycles. The van der Waals surface area contributed by atoms with Crippen LogP contribution in [0.5, 0.6) is 0 Å². The number of aromatic nitrogens is 4. The Balaban J connectivity index is 1.65. The van der Waals surface area contributed by atoms with Crippen LogP contribution < -0.4 is 0 Å². The van der Waals surface area contributed by atoms with E-state index in [0.717, 1.165) is 25.3 Å². The van der Waals surface area contributed by atoms with Crippen molar-refractivity contribution in [2.75, 3.05) is 13.1 Å². The molecule has 0 saturated carbocycles. The maximum Gasteiger partial charge on any atom is 0.0922 e. The van der Waals surface area contributed by atoms with Gasteiger partial charge >= 0.3 is 0 Å². The largest absolute Gasteiger partial charge is 0.347 e. The summed E-state index contributed by atoms with van der Waals surface area (Å²) in [7, 11) is 0. The van der Waals surface area contributed by atoms with Gasteiger partial charge in [0, 0.05) is 49.5 Å². The first-order chi connectivity index (χ1) is 8.92. The fraction of sp³-hybridized carbons (Fsp3) is 0.462. The van der Waals surface area contributed by atoms with E-state index in [-0.39, 0.29) is 0 Å². The molecule has 1 saturated heterocycles. The van der Waals surface area contributed by atoms with Crippen LogP contribution in [0.1, 0.15) is 30.1 Å². The van der Waals surface area contributed by atoms with Gasteiger partial charge in [0.25, 0.3) is 0 Å². The third kappa shape index (κ3) is 2.56. The lowest BCUT2D eigenvalue weighted by Gasteiger charge is -2.31. The van der Waals surface area contributed by atoms with Crippen LogP contribution in [0.15, 0.2) is 31.1 Å². The highest BCUT2D eigenvalue weighted by Gasteiger charge is 2.22. The van der Waals surface area contributed by atoms with Crippen molar-refractivity contribution in [3.05, 3.63) is 42.5 Å². The summed E-state index contributed by atoms with van der Waals surface area (Å²) in [5.41, 5.74) is 2.29. The lowest BCUT2D eigenvalue weighted by atomic mass is 9.95. The average molecular weight is 243 g/mol. The number of H-pyrrole nitrogens is 1. The van der Waals surface area contributed by atoms with Crippen LogP contribution in [0.25, 0.3) is 0 Å². The normalized spacial score (nSPS) is 21.0. The number of nitrogens with zero attached hydrogens (tertiary/aromatic N) is 4. The smallest absolute Gasteiger partial charge is 0.0922 e. The predicted molar refractivity (Wildman–Crippen MR) is 67.9 cm³/mol. The molecule has 5 heteroatoms. The van der Waals surface area contributed by atoms with Gasteiger partial charge in [-0.15, -0.1) is 0 Å². The number of nitrogens with one attached hydrogen (secondary N) is 1. The third-order valence-corrected chi connectivity index (χ3v) is 3.46. The molecule has 3 rings (SSSR count). The number of piperidine rings is 1. The van der Waals surface area contributed by atoms with Crippen molar-refractivity contribution >= 4 is 0 Å². The average Bonchev–Trinajstić information content (AvgIpc) is 2.93. The van der Waals surface area contributed by atoms with E-state index in [1.807, 2.05) is 12.4 Å². The van der Waals surface area contributed by atoms with Crippen LogP contribution in [0.4, 0.5) is 0 Å². The van der Waals surface area contributed by atoms with Crippen molar-refractivity contribution in [3.63, 3.8) is 0 Å². The summed E-state index contributed by atoms with van der Waals surface area (Å²) in [6, 6.07) is 0. The van der Waals surface area contributed by atoms with Gasteiger partial charge in [0.15, 0.2) is 0 Å². The van der Waals surface area contributed by atoms with E-state index < -0.39 is 0 Å². The Morgan fingerprint density at radius 1 is 1.28 bits per heavy atom. The van der Waals surface area contributed by atoms with Gasteiger partial charge in [-0.2, -0.15) is 0 Å². The first-order valence-electron chi connectivity index (χ1n) is 6.37. The number of rotatable bonds is 3. The molecule has 2 aromatic heterocycles. The van der Waals surface area contributed by atoms with Crippen molar-refractivity contribution in [2.24, 2.45) is 0 Å². The maximum atomic E-state index is 4.42. The van der Waals surface area contributed by atoms with Crippen LogP contribution >= 0.6 is 0 Å². The zero-order chi connectivity index (χ0) is 12.2. The fourth-order valence-electron chi connectivity index (χ4n) is 2.57. The highest BCUT2D eigenvalue weighted by Crippen LogP contribution is 2.25. The van der Waals surface area contributed by atoms with Crippen LogP contribution in [-0.2, 0) is 6.54 Å². The number of likely N-dealkylation sites (tertiary alicyclic amines) is 1. The number of aromatic amines is 1. The Morgan fingerprint density at radius 3 is 3.06 bits per heavy atom. The molecule has 3 heterocycles. The summed E-state index contributed by atoms with van der Waals surface area (Å²) < 4.78 is 0. The monoisotopic (exact) mass is 243 g/mol. The molecule has 2 aromatic rings. The van der Waals surface area contributed by atoms with Gasteiger partial charge in [0.2, 0.25) is 0 Å². The van der Waals surface area contributed by atoms with Crippen molar-refractivity contribution in [3.8, 4) is 0 Å². The van der Waals surface area contributed by atoms with Gasteiger partial charge in [-0.1, -0.05) is 0 Å². The predicted octanol–water partition coefficient (Wildman–Crippen LogP) is 1.58. The summed E-state index contributed by atoms with van der Waals surface area (Å²) in [6.07, 6.45) is 11.5. The van der Waals surface area contributed by atoms with E-state index in [0.29, 0.717) is 5.92 Å². The topological polar surface area (TPSA) is 57.7 Å². The Bertz CT molecular complexity index is 467. The molecule has 1 aliphatic rings. The molecular weight excluding hydrogens is 226 g/mol. The number of imidazole rings is 1. The second kappa shape index (κ2) is 5.27. The summed E-state index contributed by atoms with van der Waals surface area (Å²) in [5.74, 6) is 0.510. The number of hydrogen-bond acceptors (Lipinski definition) is 4. The highest BCUT2D eigenvalue weighted by molar-refractivity contribution is 5.06. The Kier molecular flexibility index (Phi) is 3.32. The molecule has 1 N–H and O–H groups in total. The van der Waals surface area contributed by atoms with Gasteiger partial charge in [-0.25, -0.2) is 4.98 Å². The van der Waals surface area contributed by atoms with Crippen molar-refractivity contribution in [2.45, 2.75) is 25.3 Å². The van der Waals surface area contributed by atoms with E-state index in [1.54, 1.807) is 18.7 Å². The van der Waals surface area contributed by atoms with Gasteiger partial charge in [0.1, 0.15) is 0 Å². The standard InChI is InChI=1S/C13H17N5/c1-2-11(13-7-14-3-4-16-13)8-18(5-1)9-12-6-15-10-17-12/h3-4,6-7,10-11H,1-2,5,8-9H2,(H,15,17). The zero-order valence-corrected chi connectivity index (χ0v) is 10.3. The minimum absolute atomic E-state index is 0.510. The van der Waals surface area contributed by atoms with Crippen LogP contribution in [0.2, 0.25) is 0 Å². The van der Waals surface area contributed by atoms with Crippen molar-refractivity contribution in [1.82, 2.24) is 24.8 Å². The number of hydrogen-bond donors (Lipinski definition) is 1. The summed E-state index contributed by atoms with van der Waals surface area (Å²) in [4.78, 5) is 18.3. The van der Waals surface area contributed by atoms with E-state index >= 15 is 0 Å². The van der Waals surface area contributed by atoms with E-state index in [1.165, 1.54) is 18.5 Å². The van der Waals surface area contributed by atoms with Gasteiger partial charge < -0.3 is 4.98 Å². The van der Waals surface area contributed by atoms with Crippen molar-refractivity contribution < 1.29 is 0 Å². The molecule has 0 bridgehead atoms. The summed E-state index contributed by atoms with van der Waals surface area (Å²) in [5, 5.41) is 0. The zero-order valence-electron chi connectivity index (χ0n) is 10.3. The molecular formula is C13H17N5. The van der Waals surface area contributed by atoms with Gasteiger partial charge in [0.05, 0.1) is 12.0 Å². The van der Waals surface area contributed by atoms with E-state index in [9.17, 15) is 0 Å². The molecule has 1 unspecified atom stereocenters. The molecule has 1 atom stereocenters. The highest BCUT2D eigenvalue weighted by atomic mass is 15.1. The van der Waals surface area contributed by atoms with Crippen molar-refractivity contribution in [1.29, 1.82) is 0 Å². The lowest BCUT2D eigenvalue weighted by Crippen LogP contribution is -2.34. The SMILES string of the molecule is c1cnc(C2CCCN(Cc3cnc[nH]3)C2)cn1. The second-order valence-electron chi connectivity index (χ2n) is 4.78. The first-order valence-corrected chi connectivity index (χ1v) is 6.37. The van der Waals surface area contributed by atoms with Gasteiger partial charge in [-0.05, 0) is 19.4 Å². The molecule has 18 heavy (non-hydrogen) atoms. The molecule has 0 aromatic carbocycles. The first kappa shape index (κ1) is 11.3. The molecule has 0 radical (unpaired) electrons. The molecule has 1 aliphatic heterocycles. The quantitative estimate of drug-likeness (QED) is 0.889. The summed E-state index contributed by atoms with van der Waals surface area (Å²) in [6.45, 7) is 3.14. The molecule has 0 spiro atoms. The second-order valence-corrected chi connectivity index (χ2v) is 4.78. The van der Waals surface area contributed by atoms with Crippen LogP contribution in [0.3, 0.4) is 0 Å². The minimum atomic E-state index is 0.510. The third-order valence-electron chi connectivity index (χ3n) is 3.46. The molecule has 0 amide bonds. The van der Waals surface area contributed by atoms with Crippen LogP contribution in [0, 0.1) is 0 Å². The summed E-state index contributed by atoms with van der Waals surface area (Å²) >= 11 is 0.